The number of carbonyl (C=O) groups excluding carboxylic acids is 2. The summed E-state index contributed by atoms with van der Waals surface area (Å²) in [6, 6.07) is 9.35. The molecule has 9 heteroatoms. The Morgan fingerprint density at radius 1 is 1.03 bits per heavy atom. The van der Waals surface area contributed by atoms with Crippen molar-refractivity contribution in [3.05, 3.63) is 53.9 Å². The van der Waals surface area contributed by atoms with Crippen LogP contribution < -0.4 is 10.6 Å². The topological polar surface area (TPSA) is 102 Å². The SMILES string of the molecule is Cc1ccc(-n2c(SC(C)C(=O)NC(=O)NCC(C)C)nnc2-c2ccncc2)cc1C. The van der Waals surface area contributed by atoms with Gasteiger partial charge in [-0.25, -0.2) is 4.79 Å². The number of aromatic nitrogens is 4. The number of aryl methyl sites for hydroxylation is 2. The number of nitrogens with one attached hydrogen (secondary N) is 2. The molecule has 1 aromatic carbocycles. The van der Waals surface area contributed by atoms with Gasteiger partial charge in [-0.05, 0) is 62.1 Å². The number of benzene rings is 1. The number of thioether (sulfide) groups is 1. The Kier molecular flexibility index (Phi) is 7.63. The molecule has 2 aromatic heterocycles. The van der Waals surface area contributed by atoms with Crippen LogP contribution >= 0.6 is 11.8 Å². The van der Waals surface area contributed by atoms with Crippen LogP contribution in [0.4, 0.5) is 4.79 Å². The van der Waals surface area contributed by atoms with E-state index >= 15 is 0 Å². The first-order valence-corrected chi connectivity index (χ1v) is 11.3. The quantitative estimate of drug-likeness (QED) is 0.527. The van der Waals surface area contributed by atoms with Crippen LogP contribution in [0.15, 0.2) is 47.9 Å². The lowest BCUT2D eigenvalue weighted by Crippen LogP contribution is -2.43. The average Bonchev–Trinajstić information content (AvgIpc) is 3.18. The molecule has 0 spiro atoms. The second kappa shape index (κ2) is 10.4. The van der Waals surface area contributed by atoms with E-state index < -0.39 is 17.2 Å². The molecule has 0 saturated carbocycles. The van der Waals surface area contributed by atoms with Gasteiger partial charge < -0.3 is 5.32 Å². The number of rotatable bonds is 7. The molecule has 0 radical (unpaired) electrons. The first kappa shape index (κ1) is 23.5. The highest BCUT2D eigenvalue weighted by Crippen LogP contribution is 2.30. The maximum absolute atomic E-state index is 12.6. The first-order valence-electron chi connectivity index (χ1n) is 10.4. The van der Waals surface area contributed by atoms with Gasteiger partial charge in [0.1, 0.15) is 0 Å². The Labute approximate surface area is 192 Å². The third-order valence-electron chi connectivity index (χ3n) is 4.88. The van der Waals surface area contributed by atoms with Crippen LogP contribution in [-0.4, -0.2) is 43.5 Å². The summed E-state index contributed by atoms with van der Waals surface area (Å²) in [7, 11) is 0. The second-order valence-electron chi connectivity index (χ2n) is 8.00. The molecular weight excluding hydrogens is 424 g/mol. The fourth-order valence-electron chi connectivity index (χ4n) is 2.90. The largest absolute Gasteiger partial charge is 0.338 e. The van der Waals surface area contributed by atoms with Crippen LogP contribution in [0.1, 0.15) is 31.9 Å². The summed E-state index contributed by atoms with van der Waals surface area (Å²) in [6.45, 7) is 10.3. The minimum Gasteiger partial charge on any atom is -0.338 e. The van der Waals surface area contributed by atoms with Gasteiger partial charge in [0.05, 0.1) is 10.9 Å². The van der Waals surface area contributed by atoms with E-state index in [0.717, 1.165) is 16.8 Å². The van der Waals surface area contributed by atoms with Crippen molar-refractivity contribution >= 4 is 23.7 Å². The molecule has 3 aromatic rings. The van der Waals surface area contributed by atoms with E-state index in [1.54, 1.807) is 19.3 Å². The molecule has 0 fully saturated rings. The van der Waals surface area contributed by atoms with Gasteiger partial charge >= 0.3 is 6.03 Å². The highest BCUT2D eigenvalue weighted by Gasteiger charge is 2.23. The number of hydrogen-bond donors (Lipinski definition) is 2. The molecule has 0 aliphatic rings. The van der Waals surface area contributed by atoms with E-state index in [-0.39, 0.29) is 0 Å². The Bertz CT molecular complexity index is 1100. The second-order valence-corrected chi connectivity index (χ2v) is 9.31. The van der Waals surface area contributed by atoms with Crippen molar-refractivity contribution in [2.24, 2.45) is 5.92 Å². The van der Waals surface area contributed by atoms with E-state index in [4.69, 9.17) is 0 Å². The summed E-state index contributed by atoms with van der Waals surface area (Å²) in [5.74, 6) is 0.558. The van der Waals surface area contributed by atoms with Crippen molar-refractivity contribution in [3.8, 4) is 17.1 Å². The molecule has 2 N–H and O–H groups in total. The van der Waals surface area contributed by atoms with Crippen LogP contribution in [-0.2, 0) is 4.79 Å². The summed E-state index contributed by atoms with van der Waals surface area (Å²) in [5, 5.41) is 13.8. The van der Waals surface area contributed by atoms with Gasteiger partial charge in [-0.1, -0.05) is 31.7 Å². The van der Waals surface area contributed by atoms with Gasteiger partial charge in [0.15, 0.2) is 11.0 Å². The number of carbonyl (C=O) groups is 2. The Morgan fingerprint density at radius 2 is 1.75 bits per heavy atom. The maximum Gasteiger partial charge on any atom is 0.321 e. The van der Waals surface area contributed by atoms with Gasteiger partial charge in [-0.15, -0.1) is 10.2 Å². The van der Waals surface area contributed by atoms with Crippen molar-refractivity contribution in [2.45, 2.75) is 45.0 Å². The number of amides is 3. The molecule has 0 saturated heterocycles. The van der Waals surface area contributed by atoms with E-state index in [2.05, 4.69) is 38.8 Å². The molecule has 0 bridgehead atoms. The third kappa shape index (κ3) is 5.73. The molecular formula is C23H28N6O2S. The number of hydrogen-bond acceptors (Lipinski definition) is 6. The minimum atomic E-state index is -0.556. The zero-order chi connectivity index (χ0) is 23.3. The highest BCUT2D eigenvalue weighted by molar-refractivity contribution is 8.00. The monoisotopic (exact) mass is 452 g/mol. The number of imide groups is 1. The van der Waals surface area contributed by atoms with Crippen molar-refractivity contribution in [3.63, 3.8) is 0 Å². The Morgan fingerprint density at radius 3 is 2.41 bits per heavy atom. The van der Waals surface area contributed by atoms with Gasteiger partial charge in [0, 0.05) is 24.5 Å². The molecule has 3 amide bonds. The van der Waals surface area contributed by atoms with E-state index in [9.17, 15) is 9.59 Å². The summed E-state index contributed by atoms with van der Waals surface area (Å²) >= 11 is 1.25. The van der Waals surface area contributed by atoms with Gasteiger partial charge in [0.2, 0.25) is 5.91 Å². The zero-order valence-electron chi connectivity index (χ0n) is 18.9. The van der Waals surface area contributed by atoms with Gasteiger partial charge in [-0.3, -0.25) is 19.7 Å². The normalized spacial score (nSPS) is 11.9. The average molecular weight is 453 g/mol. The van der Waals surface area contributed by atoms with Crippen molar-refractivity contribution < 1.29 is 9.59 Å². The fraction of sp³-hybridized carbons (Fsp3) is 0.348. The van der Waals surface area contributed by atoms with E-state index in [1.807, 2.05) is 49.6 Å². The van der Waals surface area contributed by atoms with Crippen LogP contribution in [0.25, 0.3) is 17.1 Å². The smallest absolute Gasteiger partial charge is 0.321 e. The van der Waals surface area contributed by atoms with Gasteiger partial charge in [0.25, 0.3) is 0 Å². The standard InChI is InChI=1S/C23H28N6O2S/c1-14(2)13-25-22(31)26-21(30)17(5)32-23-28-27-20(18-8-10-24-11-9-18)29(23)19-7-6-15(3)16(4)12-19/h6-12,14,17H,13H2,1-5H3,(H2,25,26,30,31). The zero-order valence-corrected chi connectivity index (χ0v) is 19.7. The predicted octanol–water partition coefficient (Wildman–Crippen LogP) is 3.91. The summed E-state index contributed by atoms with van der Waals surface area (Å²) in [4.78, 5) is 28.6. The number of pyridine rings is 1. The molecule has 0 aliphatic heterocycles. The third-order valence-corrected chi connectivity index (χ3v) is 5.92. The molecule has 0 aliphatic carbocycles. The fourth-order valence-corrected chi connectivity index (χ4v) is 3.77. The molecule has 8 nitrogen and oxygen atoms in total. The molecule has 168 valence electrons. The Balaban J connectivity index is 1.88. The predicted molar refractivity (Wildman–Crippen MR) is 126 cm³/mol. The van der Waals surface area contributed by atoms with Crippen LogP contribution in [0, 0.1) is 19.8 Å². The molecule has 32 heavy (non-hydrogen) atoms. The molecule has 2 heterocycles. The summed E-state index contributed by atoms with van der Waals surface area (Å²) in [5.41, 5.74) is 4.08. The van der Waals surface area contributed by atoms with Crippen molar-refractivity contribution in [2.75, 3.05) is 6.54 Å². The van der Waals surface area contributed by atoms with Crippen molar-refractivity contribution in [1.82, 2.24) is 30.4 Å². The summed E-state index contributed by atoms with van der Waals surface area (Å²) < 4.78 is 1.93. The van der Waals surface area contributed by atoms with Crippen LogP contribution in [0.2, 0.25) is 0 Å². The lowest BCUT2D eigenvalue weighted by Gasteiger charge is -2.15. The lowest BCUT2D eigenvalue weighted by atomic mass is 10.1. The van der Waals surface area contributed by atoms with E-state index in [0.29, 0.717) is 23.4 Å². The van der Waals surface area contributed by atoms with Crippen LogP contribution in [0.3, 0.4) is 0 Å². The maximum atomic E-state index is 12.6. The Hall–Kier alpha value is -3.20. The first-order chi connectivity index (χ1) is 15.3. The molecule has 1 unspecified atom stereocenters. The van der Waals surface area contributed by atoms with E-state index in [1.165, 1.54) is 17.3 Å². The number of nitrogens with zero attached hydrogens (tertiary/aromatic N) is 4. The lowest BCUT2D eigenvalue weighted by molar-refractivity contribution is -0.119. The molecule has 3 rings (SSSR count). The summed E-state index contributed by atoms with van der Waals surface area (Å²) in [6.07, 6.45) is 3.40. The minimum absolute atomic E-state index is 0.297. The highest BCUT2D eigenvalue weighted by atomic mass is 32.2. The number of urea groups is 1. The molecule has 1 atom stereocenters. The van der Waals surface area contributed by atoms with Gasteiger partial charge in [-0.2, -0.15) is 0 Å². The van der Waals surface area contributed by atoms with Crippen molar-refractivity contribution in [1.29, 1.82) is 0 Å². The van der Waals surface area contributed by atoms with Crippen LogP contribution in [0.5, 0.6) is 0 Å².